The van der Waals surface area contributed by atoms with Gasteiger partial charge in [0.1, 0.15) is 5.76 Å². The van der Waals surface area contributed by atoms with Crippen molar-refractivity contribution in [2.45, 2.75) is 25.8 Å². The Hall–Kier alpha value is -2.40. The number of hydrogen-bond acceptors (Lipinski definition) is 4. The Balaban J connectivity index is 1.76. The van der Waals surface area contributed by atoms with E-state index in [0.717, 1.165) is 29.2 Å². The first-order chi connectivity index (χ1) is 12.3. The second-order valence-electron chi connectivity index (χ2n) is 5.45. The van der Waals surface area contributed by atoms with E-state index in [1.54, 1.807) is 0 Å². The molecule has 0 saturated carbocycles. The standard InChI is InChI=1S/C18H17F3N2O2S/c1-12-16(13(2)25-23-12)10-26-11-17(24)22-8-4-6-14-5-3-7-15(9-14)18(19,20)21/h3,5,7,9H,8,10-11H2,1-2H3,(H,22,24). The van der Waals surface area contributed by atoms with Crippen molar-refractivity contribution in [1.82, 2.24) is 10.5 Å². The van der Waals surface area contributed by atoms with E-state index < -0.39 is 11.7 Å². The number of rotatable bonds is 5. The Morgan fingerprint density at radius 2 is 2.12 bits per heavy atom. The van der Waals surface area contributed by atoms with Crippen LogP contribution in [-0.4, -0.2) is 23.4 Å². The summed E-state index contributed by atoms with van der Waals surface area (Å²) < 4.78 is 42.9. The number of thioether (sulfide) groups is 1. The van der Waals surface area contributed by atoms with Crippen LogP contribution < -0.4 is 5.32 Å². The fourth-order valence-electron chi connectivity index (χ4n) is 2.07. The molecule has 4 nitrogen and oxygen atoms in total. The number of aromatic nitrogens is 1. The number of halogens is 3. The average Bonchev–Trinajstić information content (AvgIpc) is 2.90. The lowest BCUT2D eigenvalue weighted by Crippen LogP contribution is -2.25. The molecule has 0 unspecified atom stereocenters. The Labute approximate surface area is 153 Å². The van der Waals surface area contributed by atoms with E-state index in [0.29, 0.717) is 5.75 Å². The van der Waals surface area contributed by atoms with Crippen LogP contribution in [0, 0.1) is 25.7 Å². The normalized spacial score (nSPS) is 11.0. The molecule has 1 amide bonds. The lowest BCUT2D eigenvalue weighted by atomic mass is 10.1. The monoisotopic (exact) mass is 382 g/mol. The van der Waals surface area contributed by atoms with Gasteiger partial charge in [-0.15, -0.1) is 11.8 Å². The van der Waals surface area contributed by atoms with Crippen LogP contribution in [0.5, 0.6) is 0 Å². The molecule has 2 aromatic rings. The van der Waals surface area contributed by atoms with Gasteiger partial charge in [0.2, 0.25) is 5.91 Å². The lowest BCUT2D eigenvalue weighted by molar-refractivity contribution is -0.137. The summed E-state index contributed by atoms with van der Waals surface area (Å²) in [5.41, 5.74) is 1.29. The van der Waals surface area contributed by atoms with Gasteiger partial charge >= 0.3 is 6.18 Å². The topological polar surface area (TPSA) is 55.1 Å². The Kier molecular flexibility index (Phi) is 6.75. The van der Waals surface area contributed by atoms with Crippen molar-refractivity contribution in [3.05, 3.63) is 52.4 Å². The van der Waals surface area contributed by atoms with E-state index >= 15 is 0 Å². The second-order valence-corrected chi connectivity index (χ2v) is 6.44. The zero-order valence-electron chi connectivity index (χ0n) is 14.2. The number of hydrogen-bond donors (Lipinski definition) is 1. The number of carbonyl (C=O) groups excluding carboxylic acids is 1. The van der Waals surface area contributed by atoms with Crippen molar-refractivity contribution in [3.8, 4) is 11.8 Å². The lowest BCUT2D eigenvalue weighted by Gasteiger charge is -2.05. The summed E-state index contributed by atoms with van der Waals surface area (Å²) in [6.07, 6.45) is -4.40. The molecule has 0 aliphatic heterocycles. The van der Waals surface area contributed by atoms with Gasteiger partial charge in [0.05, 0.1) is 23.6 Å². The Bertz CT molecular complexity index is 815. The van der Waals surface area contributed by atoms with Gasteiger partial charge in [-0.05, 0) is 32.0 Å². The van der Waals surface area contributed by atoms with Crippen LogP contribution in [0.3, 0.4) is 0 Å². The van der Waals surface area contributed by atoms with Crippen LogP contribution in [0.2, 0.25) is 0 Å². The minimum absolute atomic E-state index is 0.0704. The quantitative estimate of drug-likeness (QED) is 0.801. The van der Waals surface area contributed by atoms with E-state index in [-0.39, 0.29) is 23.8 Å². The molecular weight excluding hydrogens is 365 g/mol. The number of nitrogens with zero attached hydrogens (tertiary/aromatic N) is 1. The maximum atomic E-state index is 12.6. The predicted molar refractivity (Wildman–Crippen MR) is 93.5 cm³/mol. The molecule has 0 fully saturated rings. The smallest absolute Gasteiger partial charge is 0.361 e. The molecule has 0 spiro atoms. The highest BCUT2D eigenvalue weighted by Gasteiger charge is 2.30. The Morgan fingerprint density at radius 3 is 2.77 bits per heavy atom. The summed E-state index contributed by atoms with van der Waals surface area (Å²) >= 11 is 1.42. The zero-order valence-corrected chi connectivity index (χ0v) is 15.1. The van der Waals surface area contributed by atoms with Crippen molar-refractivity contribution in [3.63, 3.8) is 0 Å². The first kappa shape index (κ1) is 19.9. The number of alkyl halides is 3. The summed E-state index contributed by atoms with van der Waals surface area (Å²) in [4.78, 5) is 11.8. The number of amides is 1. The summed E-state index contributed by atoms with van der Waals surface area (Å²) in [7, 11) is 0. The third-order valence-corrected chi connectivity index (χ3v) is 4.42. The van der Waals surface area contributed by atoms with E-state index in [1.165, 1.54) is 23.9 Å². The van der Waals surface area contributed by atoms with Crippen LogP contribution in [0.1, 0.15) is 28.1 Å². The van der Waals surface area contributed by atoms with Crippen molar-refractivity contribution in [1.29, 1.82) is 0 Å². The highest BCUT2D eigenvalue weighted by molar-refractivity contribution is 7.99. The number of nitrogens with one attached hydrogen (secondary N) is 1. The van der Waals surface area contributed by atoms with E-state index in [9.17, 15) is 18.0 Å². The number of aryl methyl sites for hydroxylation is 2. The van der Waals surface area contributed by atoms with Crippen molar-refractivity contribution < 1.29 is 22.5 Å². The second kappa shape index (κ2) is 8.81. The molecule has 26 heavy (non-hydrogen) atoms. The number of benzene rings is 1. The molecule has 1 aromatic heterocycles. The Morgan fingerprint density at radius 1 is 1.35 bits per heavy atom. The van der Waals surface area contributed by atoms with Gasteiger partial charge in [-0.2, -0.15) is 13.2 Å². The summed E-state index contributed by atoms with van der Waals surface area (Å²) in [5.74, 6) is 6.67. The molecule has 0 bridgehead atoms. The van der Waals surface area contributed by atoms with Crippen molar-refractivity contribution >= 4 is 17.7 Å². The molecule has 0 aliphatic rings. The first-order valence-corrected chi connectivity index (χ1v) is 8.85. The SMILES string of the molecule is Cc1noc(C)c1CSCC(=O)NCC#Cc1cccc(C(F)(F)F)c1. The minimum Gasteiger partial charge on any atom is -0.361 e. The average molecular weight is 382 g/mol. The van der Waals surface area contributed by atoms with Crippen LogP contribution in [0.15, 0.2) is 28.8 Å². The summed E-state index contributed by atoms with van der Waals surface area (Å²) in [6.45, 7) is 3.73. The maximum Gasteiger partial charge on any atom is 0.416 e. The highest BCUT2D eigenvalue weighted by Crippen LogP contribution is 2.29. The zero-order chi connectivity index (χ0) is 19.2. The van der Waals surface area contributed by atoms with Gasteiger partial charge in [-0.3, -0.25) is 4.79 Å². The van der Waals surface area contributed by atoms with Crippen LogP contribution in [0.25, 0.3) is 0 Å². The molecule has 138 valence electrons. The van der Waals surface area contributed by atoms with Gasteiger partial charge in [0, 0.05) is 16.9 Å². The third-order valence-electron chi connectivity index (χ3n) is 3.46. The number of carbonyl (C=O) groups is 1. The minimum atomic E-state index is -4.40. The van der Waals surface area contributed by atoms with E-state index in [2.05, 4.69) is 22.3 Å². The fraction of sp³-hybridized carbons (Fsp3) is 0.333. The molecule has 0 saturated heterocycles. The van der Waals surface area contributed by atoms with Gasteiger partial charge in [0.15, 0.2) is 0 Å². The molecule has 0 atom stereocenters. The van der Waals surface area contributed by atoms with Crippen LogP contribution >= 0.6 is 11.8 Å². The van der Waals surface area contributed by atoms with Crippen molar-refractivity contribution in [2.75, 3.05) is 12.3 Å². The molecule has 0 aliphatic carbocycles. The van der Waals surface area contributed by atoms with Crippen molar-refractivity contribution in [2.24, 2.45) is 0 Å². The van der Waals surface area contributed by atoms with Gasteiger partial charge in [-0.1, -0.05) is 23.1 Å². The molecule has 1 heterocycles. The van der Waals surface area contributed by atoms with Crippen LogP contribution in [-0.2, 0) is 16.7 Å². The molecule has 0 radical (unpaired) electrons. The van der Waals surface area contributed by atoms with Gasteiger partial charge < -0.3 is 9.84 Å². The van der Waals surface area contributed by atoms with Gasteiger partial charge in [0.25, 0.3) is 0 Å². The highest BCUT2D eigenvalue weighted by atomic mass is 32.2. The fourth-order valence-corrected chi connectivity index (χ4v) is 3.07. The molecule has 8 heteroatoms. The van der Waals surface area contributed by atoms with E-state index in [1.807, 2.05) is 13.8 Å². The van der Waals surface area contributed by atoms with Crippen LogP contribution in [0.4, 0.5) is 13.2 Å². The molecule has 1 aromatic carbocycles. The van der Waals surface area contributed by atoms with E-state index in [4.69, 9.17) is 4.52 Å². The third kappa shape index (κ3) is 5.85. The van der Waals surface area contributed by atoms with Gasteiger partial charge in [-0.25, -0.2) is 0 Å². The molecule has 2 rings (SSSR count). The molecule has 1 N–H and O–H groups in total. The summed E-state index contributed by atoms with van der Waals surface area (Å²) in [6, 6.07) is 4.76. The molecular formula is C18H17F3N2O2S. The largest absolute Gasteiger partial charge is 0.416 e. The maximum absolute atomic E-state index is 12.6. The first-order valence-electron chi connectivity index (χ1n) is 7.69. The predicted octanol–water partition coefficient (Wildman–Crippen LogP) is 3.71. The summed E-state index contributed by atoms with van der Waals surface area (Å²) in [5, 5.41) is 6.46.